The third-order valence-corrected chi connectivity index (χ3v) is 3.93. The van der Waals surface area contributed by atoms with Crippen molar-refractivity contribution in [3.05, 3.63) is 29.8 Å². The summed E-state index contributed by atoms with van der Waals surface area (Å²) in [6.07, 6.45) is 2.21. The van der Waals surface area contributed by atoms with E-state index in [0.29, 0.717) is 6.42 Å². The number of methoxy groups -OCH3 is 1. The van der Waals surface area contributed by atoms with Crippen LogP contribution in [0.15, 0.2) is 29.3 Å². The number of carbonyl (C=O) groups is 1. The number of fused-ring (bicyclic) bond motifs is 1. The van der Waals surface area contributed by atoms with Gasteiger partial charge in [-0.05, 0) is 24.1 Å². The van der Waals surface area contributed by atoms with E-state index in [1.54, 1.807) is 13.4 Å². The first-order chi connectivity index (χ1) is 9.69. The maximum atomic E-state index is 11.3. The highest BCUT2D eigenvalue weighted by Crippen LogP contribution is 2.31. The lowest BCUT2D eigenvalue weighted by atomic mass is 9.86. The van der Waals surface area contributed by atoms with Gasteiger partial charge in [0, 0.05) is 0 Å². The molecular formula is C14H17N3O3. The number of rotatable bonds is 3. The molecule has 106 valence electrons. The summed E-state index contributed by atoms with van der Waals surface area (Å²) in [6, 6.07) is 7.09. The molecule has 0 saturated carbocycles. The Balaban J connectivity index is 1.87. The van der Waals surface area contributed by atoms with E-state index in [0.717, 1.165) is 11.3 Å². The number of aliphatic imine (C=N–C) groups is 1. The maximum Gasteiger partial charge on any atom is 0.320 e. The number of carboxylic acids is 1. The summed E-state index contributed by atoms with van der Waals surface area (Å²) in [5.41, 5.74) is 1.02. The van der Waals surface area contributed by atoms with Gasteiger partial charge in [0.1, 0.15) is 11.8 Å². The average Bonchev–Trinajstić information content (AvgIpc) is 2.94. The molecule has 0 unspecified atom stereocenters. The van der Waals surface area contributed by atoms with Gasteiger partial charge >= 0.3 is 5.97 Å². The number of nitrogens with one attached hydrogen (secondary N) is 2. The molecule has 0 amide bonds. The number of aliphatic carboxylic acids is 1. The molecule has 2 heterocycles. The number of ether oxygens (including phenoxy) is 1. The number of hydrogen-bond donors (Lipinski definition) is 3. The Morgan fingerprint density at radius 2 is 2.15 bits per heavy atom. The number of carboxylic acid groups (broad SMARTS) is 1. The van der Waals surface area contributed by atoms with Crippen LogP contribution in [0.3, 0.4) is 0 Å². The summed E-state index contributed by atoms with van der Waals surface area (Å²) in [7, 11) is 1.62. The normalized spacial score (nSPS) is 31.4. The fourth-order valence-electron chi connectivity index (χ4n) is 2.87. The first-order valence-corrected chi connectivity index (χ1v) is 6.59. The molecule has 0 aromatic heterocycles. The fourth-order valence-corrected chi connectivity index (χ4v) is 2.87. The largest absolute Gasteiger partial charge is 0.497 e. The van der Waals surface area contributed by atoms with Crippen LogP contribution in [-0.2, 0) is 4.79 Å². The van der Waals surface area contributed by atoms with Crippen LogP contribution in [0.25, 0.3) is 0 Å². The van der Waals surface area contributed by atoms with E-state index in [-0.39, 0.29) is 18.1 Å². The van der Waals surface area contributed by atoms with Gasteiger partial charge in [-0.25, -0.2) is 0 Å². The highest BCUT2D eigenvalue weighted by molar-refractivity contribution is 5.74. The molecule has 1 aromatic rings. The van der Waals surface area contributed by atoms with Gasteiger partial charge in [-0.1, -0.05) is 12.1 Å². The van der Waals surface area contributed by atoms with Crippen LogP contribution >= 0.6 is 0 Å². The molecule has 1 fully saturated rings. The van der Waals surface area contributed by atoms with Gasteiger partial charge in [-0.3, -0.25) is 15.1 Å². The molecule has 2 aliphatic rings. The summed E-state index contributed by atoms with van der Waals surface area (Å²) in [5.74, 6) is -0.0420. The van der Waals surface area contributed by atoms with E-state index in [2.05, 4.69) is 15.6 Å². The first-order valence-electron chi connectivity index (χ1n) is 6.59. The summed E-state index contributed by atoms with van der Waals surface area (Å²) in [5, 5.41) is 15.6. The van der Waals surface area contributed by atoms with Gasteiger partial charge in [0.15, 0.2) is 0 Å². The summed E-state index contributed by atoms with van der Waals surface area (Å²) < 4.78 is 5.15. The molecule has 0 spiro atoms. The minimum Gasteiger partial charge on any atom is -0.497 e. The molecule has 2 aliphatic heterocycles. The van der Waals surface area contributed by atoms with Crippen molar-refractivity contribution in [1.29, 1.82) is 0 Å². The van der Waals surface area contributed by atoms with Crippen LogP contribution in [-0.4, -0.2) is 42.6 Å². The molecule has 6 nitrogen and oxygen atoms in total. The van der Waals surface area contributed by atoms with Crippen molar-refractivity contribution < 1.29 is 14.6 Å². The van der Waals surface area contributed by atoms with Crippen LogP contribution in [0.2, 0.25) is 0 Å². The molecule has 4 atom stereocenters. The molecule has 1 saturated heterocycles. The van der Waals surface area contributed by atoms with Crippen LogP contribution in [0, 0.1) is 0 Å². The zero-order valence-corrected chi connectivity index (χ0v) is 11.1. The Bertz CT molecular complexity index is 529. The van der Waals surface area contributed by atoms with E-state index >= 15 is 0 Å². The molecule has 3 N–H and O–H groups in total. The fraction of sp³-hybridized carbons (Fsp3) is 0.429. The van der Waals surface area contributed by atoms with Crippen molar-refractivity contribution in [2.75, 3.05) is 7.11 Å². The maximum absolute atomic E-state index is 11.3. The molecule has 1 aromatic carbocycles. The van der Waals surface area contributed by atoms with Gasteiger partial charge in [0.05, 0.1) is 31.6 Å². The molecular weight excluding hydrogens is 258 g/mol. The molecule has 3 rings (SSSR count). The SMILES string of the molecule is COc1ccc([C@@H]2N[C@H](C(=O)O)C[C@H]3NC=N[C@@H]32)cc1. The predicted octanol–water partition coefficient (Wildman–Crippen LogP) is 0.552. The second-order valence-corrected chi connectivity index (χ2v) is 5.09. The van der Waals surface area contributed by atoms with Crippen molar-refractivity contribution in [3.63, 3.8) is 0 Å². The molecule has 20 heavy (non-hydrogen) atoms. The standard InChI is InChI=1S/C14H17N3O3/c1-20-9-4-2-8(3-5-9)12-13-10(15-7-16-13)6-11(17-12)14(18)19/h2-5,7,10-13,17H,6H2,1H3,(H,15,16)(H,18,19)/t10-,11+,12+,13+/m1/s1. The molecule has 0 aliphatic carbocycles. The van der Waals surface area contributed by atoms with E-state index in [4.69, 9.17) is 4.74 Å². The Hall–Kier alpha value is -2.08. The number of piperidine rings is 1. The van der Waals surface area contributed by atoms with Crippen molar-refractivity contribution in [3.8, 4) is 5.75 Å². The lowest BCUT2D eigenvalue weighted by Crippen LogP contribution is -2.55. The minimum absolute atomic E-state index is 0.0268. The number of hydrogen-bond acceptors (Lipinski definition) is 5. The lowest BCUT2D eigenvalue weighted by molar-refractivity contribution is -0.140. The van der Waals surface area contributed by atoms with Gasteiger partial charge in [0.25, 0.3) is 0 Å². The van der Waals surface area contributed by atoms with Gasteiger partial charge in [-0.15, -0.1) is 0 Å². The number of nitrogens with zero attached hydrogens (tertiary/aromatic N) is 1. The van der Waals surface area contributed by atoms with Crippen molar-refractivity contribution in [2.24, 2.45) is 4.99 Å². The number of benzene rings is 1. The van der Waals surface area contributed by atoms with Crippen molar-refractivity contribution in [1.82, 2.24) is 10.6 Å². The van der Waals surface area contributed by atoms with Gasteiger partial charge in [0.2, 0.25) is 0 Å². The van der Waals surface area contributed by atoms with Crippen LogP contribution in [0.4, 0.5) is 0 Å². The van der Waals surface area contributed by atoms with Gasteiger partial charge < -0.3 is 15.2 Å². The second-order valence-electron chi connectivity index (χ2n) is 5.09. The Morgan fingerprint density at radius 3 is 2.80 bits per heavy atom. The van der Waals surface area contributed by atoms with Crippen LogP contribution in [0.1, 0.15) is 18.0 Å². The van der Waals surface area contributed by atoms with Crippen LogP contribution < -0.4 is 15.4 Å². The van der Waals surface area contributed by atoms with Crippen LogP contribution in [0.5, 0.6) is 5.75 Å². The second kappa shape index (κ2) is 5.13. The Morgan fingerprint density at radius 1 is 1.40 bits per heavy atom. The topological polar surface area (TPSA) is 83.0 Å². The molecule has 0 radical (unpaired) electrons. The smallest absolute Gasteiger partial charge is 0.320 e. The quantitative estimate of drug-likeness (QED) is 0.750. The zero-order valence-electron chi connectivity index (χ0n) is 11.1. The van der Waals surface area contributed by atoms with E-state index < -0.39 is 12.0 Å². The summed E-state index contributed by atoms with van der Waals surface area (Å²) in [6.45, 7) is 0. The van der Waals surface area contributed by atoms with E-state index in [9.17, 15) is 9.90 Å². The Labute approximate surface area is 116 Å². The summed E-state index contributed by atoms with van der Waals surface area (Å²) >= 11 is 0. The van der Waals surface area contributed by atoms with E-state index in [1.165, 1.54) is 0 Å². The minimum atomic E-state index is -0.823. The van der Waals surface area contributed by atoms with Gasteiger partial charge in [-0.2, -0.15) is 0 Å². The summed E-state index contributed by atoms with van der Waals surface area (Å²) in [4.78, 5) is 15.7. The van der Waals surface area contributed by atoms with E-state index in [1.807, 2.05) is 24.3 Å². The third-order valence-electron chi connectivity index (χ3n) is 3.93. The molecule has 6 heteroatoms. The average molecular weight is 275 g/mol. The first kappa shape index (κ1) is 12.9. The highest BCUT2D eigenvalue weighted by atomic mass is 16.5. The van der Waals surface area contributed by atoms with Crippen molar-refractivity contribution in [2.45, 2.75) is 30.6 Å². The zero-order chi connectivity index (χ0) is 14.1. The monoisotopic (exact) mass is 275 g/mol. The van der Waals surface area contributed by atoms with Crippen molar-refractivity contribution >= 4 is 12.3 Å². The Kier molecular flexibility index (Phi) is 3.31. The third kappa shape index (κ3) is 2.22. The highest BCUT2D eigenvalue weighted by Gasteiger charge is 2.42. The predicted molar refractivity (Wildman–Crippen MR) is 74.1 cm³/mol. The molecule has 0 bridgehead atoms. The lowest BCUT2D eigenvalue weighted by Gasteiger charge is -2.37.